The van der Waals surface area contributed by atoms with E-state index in [1.807, 2.05) is 4.90 Å². The molecule has 0 saturated heterocycles. The molecule has 2 saturated carbocycles. The Balaban J connectivity index is 1.59. The smallest absolute Gasteiger partial charge is 0.335 e. The molecule has 2 fully saturated rings. The number of nitrogens with zero attached hydrogens (tertiary/aromatic N) is 1. The zero-order valence-corrected chi connectivity index (χ0v) is 11.9. The van der Waals surface area contributed by atoms with Crippen molar-refractivity contribution < 1.29 is 14.7 Å². The minimum atomic E-state index is -0.907. The maximum absolute atomic E-state index is 12.8. The second kappa shape index (κ2) is 4.58. The molecule has 1 aliphatic heterocycles. The van der Waals surface area contributed by atoms with Gasteiger partial charge in [-0.15, -0.1) is 0 Å². The van der Waals surface area contributed by atoms with Gasteiger partial charge in [0.05, 0.1) is 5.56 Å². The highest BCUT2D eigenvalue weighted by atomic mass is 16.4. The molecule has 1 heterocycles. The first-order valence-corrected chi connectivity index (χ1v) is 7.81. The number of carboxylic acid groups (broad SMARTS) is 1. The molecule has 1 N–H and O–H groups in total. The molecule has 0 spiro atoms. The van der Waals surface area contributed by atoms with Gasteiger partial charge in [0, 0.05) is 18.2 Å². The molecular formula is C17H19NO3. The van der Waals surface area contributed by atoms with Crippen molar-refractivity contribution in [1.82, 2.24) is 0 Å². The van der Waals surface area contributed by atoms with Crippen LogP contribution in [0.1, 0.15) is 41.6 Å². The average molecular weight is 285 g/mol. The van der Waals surface area contributed by atoms with Crippen molar-refractivity contribution in [2.75, 3.05) is 11.4 Å². The number of benzene rings is 1. The van der Waals surface area contributed by atoms with Gasteiger partial charge in [-0.1, -0.05) is 6.42 Å². The van der Waals surface area contributed by atoms with Crippen LogP contribution < -0.4 is 4.90 Å². The largest absolute Gasteiger partial charge is 0.478 e. The third kappa shape index (κ3) is 1.96. The molecule has 2 bridgehead atoms. The first-order valence-electron chi connectivity index (χ1n) is 7.81. The van der Waals surface area contributed by atoms with Gasteiger partial charge in [0.1, 0.15) is 0 Å². The summed E-state index contributed by atoms with van der Waals surface area (Å²) in [6, 6.07) is 5.12. The summed E-state index contributed by atoms with van der Waals surface area (Å²) in [4.78, 5) is 25.8. The molecule has 0 aromatic heterocycles. The van der Waals surface area contributed by atoms with Gasteiger partial charge in [0.25, 0.3) is 0 Å². The van der Waals surface area contributed by atoms with Crippen molar-refractivity contribution in [3.8, 4) is 0 Å². The molecule has 4 heteroatoms. The lowest BCUT2D eigenvalue weighted by Gasteiger charge is -2.26. The van der Waals surface area contributed by atoms with Crippen LogP contribution in [0.15, 0.2) is 18.2 Å². The Hall–Kier alpha value is -1.84. The van der Waals surface area contributed by atoms with Gasteiger partial charge in [-0.05, 0) is 61.3 Å². The molecular weight excluding hydrogens is 266 g/mol. The highest BCUT2D eigenvalue weighted by Gasteiger charge is 2.45. The van der Waals surface area contributed by atoms with Gasteiger partial charge in [-0.25, -0.2) is 4.79 Å². The fourth-order valence-electron chi connectivity index (χ4n) is 4.51. The molecule has 0 radical (unpaired) electrons. The predicted octanol–water partition coefficient (Wildman–Crippen LogP) is 2.71. The standard InChI is InChI=1S/C17H19NO3/c19-16(14-8-10-1-2-11(14)7-10)18-6-5-12-9-13(17(20)21)3-4-15(12)18/h3-4,9-11,14H,1-2,5-8H2,(H,20,21). The minimum absolute atomic E-state index is 0.203. The number of fused-ring (bicyclic) bond motifs is 3. The van der Waals surface area contributed by atoms with E-state index in [9.17, 15) is 9.59 Å². The van der Waals surface area contributed by atoms with Crippen LogP contribution in [0.4, 0.5) is 5.69 Å². The number of anilines is 1. The van der Waals surface area contributed by atoms with Crippen LogP contribution in [0, 0.1) is 17.8 Å². The maximum Gasteiger partial charge on any atom is 0.335 e. The van der Waals surface area contributed by atoms with Crippen molar-refractivity contribution in [3.63, 3.8) is 0 Å². The maximum atomic E-state index is 12.8. The number of hydrogen-bond acceptors (Lipinski definition) is 2. The van der Waals surface area contributed by atoms with E-state index in [4.69, 9.17) is 5.11 Å². The molecule has 1 aromatic rings. The fourth-order valence-corrected chi connectivity index (χ4v) is 4.51. The van der Waals surface area contributed by atoms with E-state index in [1.54, 1.807) is 18.2 Å². The van der Waals surface area contributed by atoms with Gasteiger partial charge < -0.3 is 10.0 Å². The molecule has 1 aromatic carbocycles. The van der Waals surface area contributed by atoms with Crippen molar-refractivity contribution in [1.29, 1.82) is 0 Å². The van der Waals surface area contributed by atoms with Gasteiger partial charge in [0.15, 0.2) is 0 Å². The van der Waals surface area contributed by atoms with Gasteiger partial charge in [-0.3, -0.25) is 4.79 Å². The molecule has 3 aliphatic rings. The van der Waals surface area contributed by atoms with Crippen LogP contribution in [0.25, 0.3) is 0 Å². The highest BCUT2D eigenvalue weighted by Crippen LogP contribution is 2.49. The van der Waals surface area contributed by atoms with Gasteiger partial charge >= 0.3 is 5.97 Å². The summed E-state index contributed by atoms with van der Waals surface area (Å²) >= 11 is 0. The van der Waals surface area contributed by atoms with E-state index in [0.29, 0.717) is 18.0 Å². The van der Waals surface area contributed by atoms with Crippen LogP contribution in [-0.2, 0) is 11.2 Å². The zero-order valence-electron chi connectivity index (χ0n) is 11.9. The summed E-state index contributed by atoms with van der Waals surface area (Å²) < 4.78 is 0. The van der Waals surface area contributed by atoms with Crippen molar-refractivity contribution >= 4 is 17.6 Å². The normalized spacial score (nSPS) is 29.7. The number of carbonyl (C=O) groups is 2. The van der Waals surface area contributed by atoms with Crippen LogP contribution in [0.5, 0.6) is 0 Å². The minimum Gasteiger partial charge on any atom is -0.478 e. The number of amides is 1. The molecule has 110 valence electrons. The van der Waals surface area contributed by atoms with Crippen LogP contribution >= 0.6 is 0 Å². The van der Waals surface area contributed by atoms with E-state index in [1.165, 1.54) is 19.3 Å². The third-order valence-corrected chi connectivity index (χ3v) is 5.54. The molecule has 2 aliphatic carbocycles. The first kappa shape index (κ1) is 12.9. The lowest BCUT2D eigenvalue weighted by atomic mass is 9.87. The zero-order chi connectivity index (χ0) is 14.6. The monoisotopic (exact) mass is 285 g/mol. The third-order valence-electron chi connectivity index (χ3n) is 5.54. The van der Waals surface area contributed by atoms with E-state index >= 15 is 0 Å². The van der Waals surface area contributed by atoms with Crippen molar-refractivity contribution in [2.24, 2.45) is 17.8 Å². The van der Waals surface area contributed by atoms with Gasteiger partial charge in [-0.2, -0.15) is 0 Å². The predicted molar refractivity (Wildman–Crippen MR) is 78.4 cm³/mol. The van der Waals surface area contributed by atoms with E-state index in [-0.39, 0.29) is 11.8 Å². The van der Waals surface area contributed by atoms with Crippen LogP contribution in [0.2, 0.25) is 0 Å². The number of carboxylic acids is 1. The molecule has 1 amide bonds. The number of hydrogen-bond donors (Lipinski definition) is 1. The van der Waals surface area contributed by atoms with Crippen molar-refractivity contribution in [3.05, 3.63) is 29.3 Å². The van der Waals surface area contributed by atoms with E-state index in [2.05, 4.69) is 0 Å². The fraction of sp³-hybridized carbons (Fsp3) is 0.529. The Morgan fingerprint density at radius 2 is 2.05 bits per heavy atom. The summed E-state index contributed by atoms with van der Waals surface area (Å²) in [5.74, 6) is 0.916. The highest BCUT2D eigenvalue weighted by molar-refractivity contribution is 5.98. The molecule has 4 nitrogen and oxygen atoms in total. The molecule has 4 rings (SSSR count). The average Bonchev–Trinajstić information content (AvgIpc) is 3.20. The summed E-state index contributed by atoms with van der Waals surface area (Å²) in [6.45, 7) is 0.700. The first-order chi connectivity index (χ1) is 10.1. The summed E-state index contributed by atoms with van der Waals surface area (Å²) in [7, 11) is 0. The molecule has 3 atom stereocenters. The second-order valence-corrected chi connectivity index (χ2v) is 6.67. The van der Waals surface area contributed by atoms with Crippen molar-refractivity contribution in [2.45, 2.75) is 32.1 Å². The Morgan fingerprint density at radius 3 is 2.71 bits per heavy atom. The summed E-state index contributed by atoms with van der Waals surface area (Å²) in [6.07, 6.45) is 5.56. The van der Waals surface area contributed by atoms with Crippen LogP contribution in [0.3, 0.4) is 0 Å². The van der Waals surface area contributed by atoms with E-state index in [0.717, 1.165) is 30.0 Å². The summed E-state index contributed by atoms with van der Waals surface area (Å²) in [5.41, 5.74) is 2.22. The molecule has 3 unspecified atom stereocenters. The SMILES string of the molecule is O=C(O)c1ccc2c(c1)CCN2C(=O)C1CC2CCC1C2. The quantitative estimate of drug-likeness (QED) is 0.909. The lowest BCUT2D eigenvalue weighted by molar-refractivity contribution is -0.123. The molecule has 21 heavy (non-hydrogen) atoms. The second-order valence-electron chi connectivity index (χ2n) is 6.67. The topological polar surface area (TPSA) is 57.6 Å². The van der Waals surface area contributed by atoms with E-state index < -0.39 is 5.97 Å². The summed E-state index contributed by atoms with van der Waals surface area (Å²) in [5, 5.41) is 9.05. The lowest BCUT2D eigenvalue weighted by Crippen LogP contribution is -2.37. The Bertz CT molecular complexity index is 624. The number of aromatic carboxylic acids is 1. The van der Waals surface area contributed by atoms with Gasteiger partial charge in [0.2, 0.25) is 5.91 Å². The Kier molecular flexibility index (Phi) is 2.81. The number of carbonyl (C=O) groups excluding carboxylic acids is 1. The Labute approximate surface area is 123 Å². The number of rotatable bonds is 2. The van der Waals surface area contributed by atoms with Crippen LogP contribution in [-0.4, -0.2) is 23.5 Å². The Morgan fingerprint density at radius 1 is 1.19 bits per heavy atom.